The van der Waals surface area contributed by atoms with Crippen LogP contribution in [0.3, 0.4) is 0 Å². The van der Waals surface area contributed by atoms with Gasteiger partial charge in [-0.2, -0.15) is 9.90 Å². The predicted octanol–water partition coefficient (Wildman–Crippen LogP) is 0.777. The second kappa shape index (κ2) is 7.56. The molecule has 0 atom stereocenters. The number of rotatable bonds is 5. The van der Waals surface area contributed by atoms with E-state index in [1.807, 2.05) is 0 Å². The van der Waals surface area contributed by atoms with Gasteiger partial charge in [-0.3, -0.25) is 4.79 Å². The lowest BCUT2D eigenvalue weighted by Crippen LogP contribution is -2.30. The third kappa shape index (κ3) is 4.01. The molecule has 0 aliphatic carbocycles. The van der Waals surface area contributed by atoms with Crippen molar-refractivity contribution in [2.75, 3.05) is 20.1 Å². The molecule has 0 saturated carbocycles. The summed E-state index contributed by atoms with van der Waals surface area (Å²) in [7, 11) is 1.80. The highest BCUT2D eigenvalue weighted by Crippen LogP contribution is 2.06. The summed E-state index contributed by atoms with van der Waals surface area (Å²) in [5.74, 6) is -0.621. The molecule has 1 aromatic carbocycles. The number of halogens is 2. The molecular formula is C12H15ClFN5O. The van der Waals surface area contributed by atoms with Crippen LogP contribution in [0.4, 0.5) is 4.39 Å². The molecule has 0 spiro atoms. The molecule has 108 valence electrons. The Morgan fingerprint density at radius 2 is 2.00 bits per heavy atom. The quantitative estimate of drug-likeness (QED) is 0.800. The van der Waals surface area contributed by atoms with Crippen LogP contribution < -0.4 is 10.6 Å². The molecule has 0 aliphatic heterocycles. The highest BCUT2D eigenvalue weighted by atomic mass is 35.5. The van der Waals surface area contributed by atoms with E-state index in [2.05, 4.69) is 20.8 Å². The maximum absolute atomic E-state index is 12.8. The van der Waals surface area contributed by atoms with Crippen LogP contribution in [0.5, 0.6) is 0 Å². The van der Waals surface area contributed by atoms with Gasteiger partial charge in [-0.05, 0) is 31.3 Å². The molecule has 0 bridgehead atoms. The average molecular weight is 300 g/mol. The lowest BCUT2D eigenvalue weighted by molar-refractivity contribution is 0.0948. The minimum atomic E-state index is -0.332. The molecule has 20 heavy (non-hydrogen) atoms. The first-order valence-corrected chi connectivity index (χ1v) is 5.82. The van der Waals surface area contributed by atoms with Crippen LogP contribution in [0, 0.1) is 5.82 Å². The second-order valence-corrected chi connectivity index (χ2v) is 3.86. The van der Waals surface area contributed by atoms with Crippen LogP contribution in [-0.4, -0.2) is 41.0 Å². The fraction of sp³-hybridized carbons (Fsp3) is 0.250. The number of nitrogens with zero attached hydrogens (tertiary/aromatic N) is 3. The molecule has 8 heteroatoms. The summed E-state index contributed by atoms with van der Waals surface area (Å²) in [5.41, 5.74) is 0.816. The number of carbonyl (C=O) groups excluding carboxylic acids is 1. The van der Waals surface area contributed by atoms with Crippen LogP contribution in [0.1, 0.15) is 10.5 Å². The topological polar surface area (TPSA) is 71.8 Å². The van der Waals surface area contributed by atoms with Crippen LogP contribution in [0.2, 0.25) is 0 Å². The Balaban J connectivity index is 0.00000200. The highest BCUT2D eigenvalue weighted by Gasteiger charge is 2.10. The Hall–Kier alpha value is -1.99. The summed E-state index contributed by atoms with van der Waals surface area (Å²) in [5, 5.41) is 13.6. The van der Waals surface area contributed by atoms with Gasteiger partial charge in [0.25, 0.3) is 5.91 Å². The monoisotopic (exact) mass is 299 g/mol. The summed E-state index contributed by atoms with van der Waals surface area (Å²) in [4.78, 5) is 13.0. The van der Waals surface area contributed by atoms with Crippen LogP contribution in [-0.2, 0) is 0 Å². The molecule has 0 fully saturated rings. The standard InChI is InChI=1S/C12H14FN5O.ClH/c1-14-6-7-15-12(19)11-8-16-18(17-11)10-4-2-9(13)3-5-10;/h2-5,8,14H,6-7H2,1H3,(H,15,19);1H. The van der Waals surface area contributed by atoms with Crippen LogP contribution in [0.15, 0.2) is 30.5 Å². The summed E-state index contributed by atoms with van der Waals surface area (Å²) in [6, 6.07) is 5.70. The summed E-state index contributed by atoms with van der Waals surface area (Å²) in [6.45, 7) is 1.19. The maximum atomic E-state index is 12.8. The Labute approximate surface area is 121 Å². The molecule has 0 saturated heterocycles. The van der Waals surface area contributed by atoms with Crippen LogP contribution in [0.25, 0.3) is 5.69 Å². The van der Waals surface area contributed by atoms with E-state index in [1.54, 1.807) is 7.05 Å². The van der Waals surface area contributed by atoms with E-state index in [0.717, 1.165) is 0 Å². The third-order valence-electron chi connectivity index (χ3n) is 2.44. The number of nitrogens with one attached hydrogen (secondary N) is 2. The molecule has 1 amide bonds. The lowest BCUT2D eigenvalue weighted by atomic mass is 10.3. The molecule has 0 aliphatic rings. The van der Waals surface area contributed by atoms with Crippen molar-refractivity contribution in [1.29, 1.82) is 0 Å². The number of aromatic nitrogens is 3. The fourth-order valence-electron chi connectivity index (χ4n) is 1.46. The number of likely N-dealkylation sites (N-methyl/N-ethyl adjacent to an activating group) is 1. The first-order valence-electron chi connectivity index (χ1n) is 5.82. The smallest absolute Gasteiger partial charge is 0.273 e. The molecule has 2 aromatic rings. The fourth-order valence-corrected chi connectivity index (χ4v) is 1.46. The molecule has 6 nitrogen and oxygen atoms in total. The van der Waals surface area contributed by atoms with Gasteiger partial charge < -0.3 is 10.6 Å². The van der Waals surface area contributed by atoms with E-state index in [4.69, 9.17) is 0 Å². The van der Waals surface area contributed by atoms with Crippen LogP contribution >= 0.6 is 12.4 Å². The number of hydrogen-bond acceptors (Lipinski definition) is 4. The van der Waals surface area contributed by atoms with Gasteiger partial charge in [0.15, 0.2) is 5.69 Å². The van der Waals surface area contributed by atoms with Crippen molar-refractivity contribution in [1.82, 2.24) is 25.6 Å². The van der Waals surface area contributed by atoms with Gasteiger partial charge in [-0.15, -0.1) is 17.5 Å². The van der Waals surface area contributed by atoms with Gasteiger partial charge in [0, 0.05) is 13.1 Å². The summed E-state index contributed by atoms with van der Waals surface area (Å²) in [6.07, 6.45) is 1.37. The van der Waals surface area contributed by atoms with Gasteiger partial charge in [-0.1, -0.05) is 0 Å². The van der Waals surface area contributed by atoms with E-state index in [1.165, 1.54) is 35.3 Å². The van der Waals surface area contributed by atoms with Crippen molar-refractivity contribution in [3.8, 4) is 5.69 Å². The van der Waals surface area contributed by atoms with Crippen molar-refractivity contribution >= 4 is 18.3 Å². The number of amides is 1. The van der Waals surface area contributed by atoms with Gasteiger partial charge in [0.05, 0.1) is 11.9 Å². The number of benzene rings is 1. The zero-order valence-corrected chi connectivity index (χ0v) is 11.7. The molecule has 0 unspecified atom stereocenters. The SMILES string of the molecule is CNCCNC(=O)c1cnn(-c2ccc(F)cc2)n1.Cl. The average Bonchev–Trinajstić information content (AvgIpc) is 2.89. The van der Waals surface area contributed by atoms with Gasteiger partial charge in [0.1, 0.15) is 5.82 Å². The zero-order chi connectivity index (χ0) is 13.7. The minimum absolute atomic E-state index is 0. The molecular weight excluding hydrogens is 285 g/mol. The Bertz CT molecular complexity index is 557. The molecule has 1 heterocycles. The second-order valence-electron chi connectivity index (χ2n) is 3.86. The van der Waals surface area contributed by atoms with Gasteiger partial charge in [0.2, 0.25) is 0 Å². The number of hydrogen-bond donors (Lipinski definition) is 2. The van der Waals surface area contributed by atoms with E-state index in [-0.39, 0.29) is 29.8 Å². The molecule has 2 rings (SSSR count). The van der Waals surface area contributed by atoms with Crippen molar-refractivity contribution in [2.45, 2.75) is 0 Å². The summed E-state index contributed by atoms with van der Waals surface area (Å²) >= 11 is 0. The van der Waals surface area contributed by atoms with Crippen molar-refractivity contribution in [3.63, 3.8) is 0 Å². The zero-order valence-electron chi connectivity index (χ0n) is 10.8. The molecule has 0 radical (unpaired) electrons. The predicted molar refractivity (Wildman–Crippen MR) is 74.8 cm³/mol. The maximum Gasteiger partial charge on any atom is 0.273 e. The summed E-state index contributed by atoms with van der Waals surface area (Å²) < 4.78 is 12.8. The Morgan fingerprint density at radius 3 is 2.65 bits per heavy atom. The third-order valence-corrected chi connectivity index (χ3v) is 2.44. The Morgan fingerprint density at radius 1 is 1.30 bits per heavy atom. The minimum Gasteiger partial charge on any atom is -0.349 e. The highest BCUT2D eigenvalue weighted by molar-refractivity contribution is 5.91. The molecule has 2 N–H and O–H groups in total. The van der Waals surface area contributed by atoms with E-state index in [9.17, 15) is 9.18 Å². The van der Waals surface area contributed by atoms with Crippen molar-refractivity contribution in [3.05, 3.63) is 42.0 Å². The first-order chi connectivity index (χ1) is 9.20. The van der Waals surface area contributed by atoms with E-state index in [0.29, 0.717) is 18.8 Å². The van der Waals surface area contributed by atoms with Crippen molar-refractivity contribution < 1.29 is 9.18 Å². The normalized spacial score (nSPS) is 9.90. The van der Waals surface area contributed by atoms with Crippen molar-refractivity contribution in [2.24, 2.45) is 0 Å². The van der Waals surface area contributed by atoms with E-state index < -0.39 is 0 Å². The number of carbonyl (C=O) groups is 1. The molecule has 1 aromatic heterocycles. The first kappa shape index (κ1) is 16.1. The van der Waals surface area contributed by atoms with Gasteiger partial charge in [-0.25, -0.2) is 4.39 Å². The van der Waals surface area contributed by atoms with Gasteiger partial charge >= 0.3 is 0 Å². The lowest BCUT2D eigenvalue weighted by Gasteiger charge is -2.01. The Kier molecular flexibility index (Phi) is 6.08. The van der Waals surface area contributed by atoms with E-state index >= 15 is 0 Å². The largest absolute Gasteiger partial charge is 0.349 e.